The summed E-state index contributed by atoms with van der Waals surface area (Å²) in [5.74, 6) is 1.44. The van der Waals surface area contributed by atoms with E-state index in [-0.39, 0.29) is 24.0 Å². The molecule has 1 aliphatic rings. The van der Waals surface area contributed by atoms with E-state index in [0.717, 1.165) is 38.4 Å². The average molecular weight is 436 g/mol. The van der Waals surface area contributed by atoms with Crippen LogP contribution in [0, 0.1) is 5.92 Å². The first-order valence-electron chi connectivity index (χ1n) is 8.02. The van der Waals surface area contributed by atoms with Gasteiger partial charge in [-0.3, -0.25) is 4.99 Å². The molecule has 3 N–H and O–H groups in total. The van der Waals surface area contributed by atoms with Crippen LogP contribution in [0.15, 0.2) is 22.5 Å². The van der Waals surface area contributed by atoms with Gasteiger partial charge in [0.05, 0.1) is 0 Å². The molecule has 0 spiro atoms. The molecule has 1 fully saturated rings. The van der Waals surface area contributed by atoms with Gasteiger partial charge in [-0.25, -0.2) is 0 Å². The fourth-order valence-electron chi connectivity index (χ4n) is 2.81. The van der Waals surface area contributed by atoms with E-state index in [0.29, 0.717) is 5.96 Å². The van der Waals surface area contributed by atoms with Crippen molar-refractivity contribution in [1.82, 2.24) is 10.2 Å². The van der Waals surface area contributed by atoms with Crippen LogP contribution in [-0.2, 0) is 6.42 Å². The Hall–Kier alpha value is -0.340. The van der Waals surface area contributed by atoms with Crippen LogP contribution in [0.4, 0.5) is 0 Å². The number of aliphatic imine (C=N–C) groups is 1. The third kappa shape index (κ3) is 7.78. The number of nitrogens with one attached hydrogen (secondary N) is 1. The molecule has 1 saturated heterocycles. The highest BCUT2D eigenvalue weighted by atomic mass is 127. The Morgan fingerprint density at radius 2 is 2.41 bits per heavy atom. The number of piperidine rings is 1. The Morgan fingerprint density at radius 1 is 1.55 bits per heavy atom. The quantitative estimate of drug-likeness (QED) is 0.299. The van der Waals surface area contributed by atoms with Crippen LogP contribution in [0.3, 0.4) is 0 Å². The zero-order chi connectivity index (χ0) is 14.9. The fourth-order valence-corrected chi connectivity index (χ4v) is 3.52. The third-order valence-electron chi connectivity index (χ3n) is 3.91. The zero-order valence-corrected chi connectivity index (χ0v) is 16.6. The highest BCUT2D eigenvalue weighted by Gasteiger charge is 2.15. The van der Waals surface area contributed by atoms with E-state index in [1.54, 1.807) is 11.3 Å². The van der Waals surface area contributed by atoms with Crippen molar-refractivity contribution in [2.45, 2.75) is 32.6 Å². The number of thiophene rings is 1. The third-order valence-corrected chi connectivity index (χ3v) is 4.85. The summed E-state index contributed by atoms with van der Waals surface area (Å²) in [5, 5.41) is 5.29. The van der Waals surface area contributed by atoms with Crippen LogP contribution in [0.25, 0.3) is 0 Å². The molecule has 1 atom stereocenters. The van der Waals surface area contributed by atoms with Gasteiger partial charge in [-0.05, 0) is 56.1 Å². The van der Waals surface area contributed by atoms with Crippen LogP contribution >= 0.6 is 35.3 Å². The standard InChI is InChI=1S/C16H28N4S.HI/c1-14-5-2-10-20(13-14)11-4-8-18-16(17)19-9-7-15-6-3-12-21-15;/h3,6,12,14H,2,4-5,7-11,13H2,1H3,(H3,17,18,19);1H. The summed E-state index contributed by atoms with van der Waals surface area (Å²) < 4.78 is 0. The van der Waals surface area contributed by atoms with Gasteiger partial charge >= 0.3 is 0 Å². The Bertz CT molecular complexity index is 422. The highest BCUT2D eigenvalue weighted by molar-refractivity contribution is 14.0. The van der Waals surface area contributed by atoms with Gasteiger partial charge in [0, 0.05) is 24.5 Å². The van der Waals surface area contributed by atoms with Gasteiger partial charge in [-0.2, -0.15) is 0 Å². The van der Waals surface area contributed by atoms with Crippen molar-refractivity contribution in [3.8, 4) is 0 Å². The summed E-state index contributed by atoms with van der Waals surface area (Å²) in [6, 6.07) is 4.23. The van der Waals surface area contributed by atoms with Gasteiger partial charge in [0.25, 0.3) is 0 Å². The lowest BCUT2D eigenvalue weighted by Crippen LogP contribution is -2.35. The number of guanidine groups is 1. The smallest absolute Gasteiger partial charge is 0.188 e. The molecule has 0 aliphatic carbocycles. The summed E-state index contributed by atoms with van der Waals surface area (Å²) in [6.45, 7) is 7.68. The van der Waals surface area contributed by atoms with Crippen LogP contribution in [0.1, 0.15) is 31.1 Å². The molecule has 0 aromatic carbocycles. The minimum atomic E-state index is 0. The molecule has 1 aromatic rings. The topological polar surface area (TPSA) is 53.6 Å². The second kappa shape index (κ2) is 11.2. The molecule has 0 radical (unpaired) electrons. The number of hydrogen-bond acceptors (Lipinski definition) is 3. The molecule has 2 heterocycles. The molecule has 126 valence electrons. The van der Waals surface area contributed by atoms with Gasteiger partial charge in [-0.1, -0.05) is 13.0 Å². The maximum absolute atomic E-state index is 5.88. The molecule has 0 amide bonds. The van der Waals surface area contributed by atoms with E-state index < -0.39 is 0 Å². The first-order chi connectivity index (χ1) is 10.2. The largest absolute Gasteiger partial charge is 0.370 e. The maximum atomic E-state index is 5.88. The van der Waals surface area contributed by atoms with Crippen molar-refractivity contribution < 1.29 is 0 Å². The van der Waals surface area contributed by atoms with E-state index in [9.17, 15) is 0 Å². The van der Waals surface area contributed by atoms with E-state index in [4.69, 9.17) is 5.73 Å². The van der Waals surface area contributed by atoms with Gasteiger partial charge in [0.1, 0.15) is 0 Å². The normalized spacial score (nSPS) is 19.7. The number of hydrogen-bond donors (Lipinski definition) is 2. The molecule has 4 nitrogen and oxygen atoms in total. The molecule has 1 aromatic heterocycles. The minimum absolute atomic E-state index is 0. The van der Waals surface area contributed by atoms with Gasteiger partial charge in [0.2, 0.25) is 0 Å². The summed E-state index contributed by atoms with van der Waals surface area (Å²) >= 11 is 1.79. The summed E-state index contributed by atoms with van der Waals surface area (Å²) in [6.07, 6.45) is 4.84. The summed E-state index contributed by atoms with van der Waals surface area (Å²) in [7, 11) is 0. The number of likely N-dealkylation sites (tertiary alicyclic amines) is 1. The molecule has 1 unspecified atom stereocenters. The number of halogens is 1. The van der Waals surface area contributed by atoms with E-state index in [1.165, 1.54) is 30.8 Å². The van der Waals surface area contributed by atoms with Crippen molar-refractivity contribution >= 4 is 41.3 Å². The van der Waals surface area contributed by atoms with E-state index in [1.807, 2.05) is 0 Å². The lowest BCUT2D eigenvalue weighted by atomic mass is 10.0. The molecule has 1 aliphatic heterocycles. The first-order valence-corrected chi connectivity index (χ1v) is 8.90. The maximum Gasteiger partial charge on any atom is 0.188 e. The Kier molecular flexibility index (Phi) is 10.1. The summed E-state index contributed by atoms with van der Waals surface area (Å²) in [5.41, 5.74) is 5.88. The molecule has 6 heteroatoms. The number of nitrogens with zero attached hydrogens (tertiary/aromatic N) is 2. The van der Waals surface area contributed by atoms with Crippen LogP contribution < -0.4 is 11.1 Å². The second-order valence-corrected chi connectivity index (χ2v) is 6.96. The summed E-state index contributed by atoms with van der Waals surface area (Å²) in [4.78, 5) is 8.35. The van der Waals surface area contributed by atoms with Gasteiger partial charge in [-0.15, -0.1) is 35.3 Å². The predicted octanol–water partition coefficient (Wildman–Crippen LogP) is 2.93. The van der Waals surface area contributed by atoms with Crippen molar-refractivity contribution in [1.29, 1.82) is 0 Å². The van der Waals surface area contributed by atoms with Crippen molar-refractivity contribution in [2.24, 2.45) is 16.6 Å². The highest BCUT2D eigenvalue weighted by Crippen LogP contribution is 2.15. The van der Waals surface area contributed by atoms with Gasteiger partial charge < -0.3 is 16.0 Å². The molecular formula is C16H29IN4S. The fraction of sp³-hybridized carbons (Fsp3) is 0.688. The molecule has 0 saturated carbocycles. The van der Waals surface area contributed by atoms with Crippen LogP contribution in [0.5, 0.6) is 0 Å². The SMILES string of the molecule is CC1CCCN(CCCN=C(N)NCCc2cccs2)C1.I. The zero-order valence-electron chi connectivity index (χ0n) is 13.5. The number of nitrogens with two attached hydrogens (primary N) is 1. The number of rotatable bonds is 7. The van der Waals surface area contributed by atoms with Crippen molar-refractivity contribution in [3.63, 3.8) is 0 Å². The Labute approximate surface area is 155 Å². The molecule has 2 rings (SSSR count). The minimum Gasteiger partial charge on any atom is -0.370 e. The van der Waals surface area contributed by atoms with E-state index >= 15 is 0 Å². The average Bonchev–Trinajstić information content (AvgIpc) is 2.97. The van der Waals surface area contributed by atoms with Crippen molar-refractivity contribution in [3.05, 3.63) is 22.4 Å². The molecular weight excluding hydrogens is 407 g/mol. The van der Waals surface area contributed by atoms with Gasteiger partial charge in [0.15, 0.2) is 5.96 Å². The van der Waals surface area contributed by atoms with Crippen LogP contribution in [-0.4, -0.2) is 43.6 Å². The Balaban J connectivity index is 0.00000242. The Morgan fingerprint density at radius 3 is 3.14 bits per heavy atom. The molecule has 22 heavy (non-hydrogen) atoms. The van der Waals surface area contributed by atoms with Crippen LogP contribution in [0.2, 0.25) is 0 Å². The first kappa shape index (κ1) is 19.7. The second-order valence-electron chi connectivity index (χ2n) is 5.92. The monoisotopic (exact) mass is 436 g/mol. The van der Waals surface area contributed by atoms with E-state index in [2.05, 4.69) is 39.6 Å². The molecule has 0 bridgehead atoms. The predicted molar refractivity (Wildman–Crippen MR) is 107 cm³/mol. The lowest BCUT2D eigenvalue weighted by Gasteiger charge is -2.30. The van der Waals surface area contributed by atoms with Crippen molar-refractivity contribution in [2.75, 3.05) is 32.7 Å². The lowest BCUT2D eigenvalue weighted by molar-refractivity contribution is 0.183.